The predicted molar refractivity (Wildman–Crippen MR) is 95.2 cm³/mol. The molecule has 0 radical (unpaired) electrons. The highest BCUT2D eigenvalue weighted by molar-refractivity contribution is 5.96. The minimum absolute atomic E-state index is 0.241. The molecule has 0 saturated heterocycles. The van der Waals surface area contributed by atoms with Crippen LogP contribution >= 0.6 is 0 Å². The first-order chi connectivity index (χ1) is 12.4. The maximum Gasteiger partial charge on any atom is 0.306 e. The summed E-state index contributed by atoms with van der Waals surface area (Å²) in [6, 6.07) is 7.10. The second kappa shape index (κ2) is 7.19. The van der Waals surface area contributed by atoms with Crippen LogP contribution < -0.4 is 10.1 Å². The Balaban J connectivity index is 1.92. The van der Waals surface area contributed by atoms with Crippen molar-refractivity contribution in [1.82, 2.24) is 15.1 Å². The summed E-state index contributed by atoms with van der Waals surface area (Å²) in [5.41, 5.74) is 1.04. The van der Waals surface area contributed by atoms with E-state index in [0.29, 0.717) is 16.9 Å². The number of ether oxygens (including phenoxy) is 1. The number of amides is 1. The number of aryl methyl sites for hydroxylation is 1. The molecule has 1 aromatic carbocycles. The number of hydrogen-bond acceptors (Lipinski definition) is 4. The fourth-order valence-electron chi connectivity index (χ4n) is 3.42. The lowest BCUT2D eigenvalue weighted by Crippen LogP contribution is -2.45. The Bertz CT molecular complexity index is 830. The molecule has 1 aromatic heterocycles. The number of nitrogens with one attached hydrogen (secondary N) is 1. The van der Waals surface area contributed by atoms with Crippen molar-refractivity contribution in [2.24, 2.45) is 0 Å². The molecule has 1 aliphatic rings. The number of rotatable bonds is 6. The van der Waals surface area contributed by atoms with Crippen LogP contribution in [0.15, 0.2) is 30.5 Å². The largest absolute Gasteiger partial charge is 0.497 e. The highest BCUT2D eigenvalue weighted by atomic mass is 16.5. The van der Waals surface area contributed by atoms with E-state index in [0.717, 1.165) is 31.5 Å². The highest BCUT2D eigenvalue weighted by Crippen LogP contribution is 2.29. The van der Waals surface area contributed by atoms with Crippen LogP contribution in [0.5, 0.6) is 5.75 Å². The number of methoxy groups -OCH3 is 1. The van der Waals surface area contributed by atoms with Crippen molar-refractivity contribution < 1.29 is 19.4 Å². The van der Waals surface area contributed by atoms with Gasteiger partial charge in [-0.3, -0.25) is 14.3 Å². The number of carboxylic acids is 1. The number of benzene rings is 1. The molecular formula is C19H23N3O4. The van der Waals surface area contributed by atoms with Gasteiger partial charge in [0.1, 0.15) is 5.75 Å². The third-order valence-corrected chi connectivity index (χ3v) is 4.83. The average molecular weight is 357 g/mol. The quantitative estimate of drug-likeness (QED) is 0.828. The minimum Gasteiger partial charge on any atom is -0.497 e. The number of carbonyl (C=O) groups excluding carboxylic acids is 1. The molecule has 2 aromatic rings. The summed E-state index contributed by atoms with van der Waals surface area (Å²) in [7, 11) is 1.55. The topological polar surface area (TPSA) is 93.4 Å². The standard InChI is InChI=1S/C19H23N3O4/c1-19(11-17(23)24,13-6-5-7-14(10-13)26-2)21-18(25)15-12-20-22-9-4-3-8-16(15)22/h5-7,10,12H,3-4,8-9,11H2,1-2H3,(H,21,25)(H,23,24). The van der Waals surface area contributed by atoms with Gasteiger partial charge in [-0.25, -0.2) is 0 Å². The van der Waals surface area contributed by atoms with Gasteiger partial charge in [-0.05, 0) is 43.9 Å². The minimum atomic E-state index is -1.07. The smallest absolute Gasteiger partial charge is 0.306 e. The number of aromatic nitrogens is 2. The lowest BCUT2D eigenvalue weighted by molar-refractivity contribution is -0.138. The lowest BCUT2D eigenvalue weighted by atomic mass is 9.88. The van der Waals surface area contributed by atoms with Crippen LogP contribution in [-0.2, 0) is 23.3 Å². The van der Waals surface area contributed by atoms with Crippen molar-refractivity contribution in [3.8, 4) is 5.75 Å². The molecule has 1 unspecified atom stereocenters. The van der Waals surface area contributed by atoms with E-state index in [-0.39, 0.29) is 12.3 Å². The number of carboxylic acid groups (broad SMARTS) is 1. The molecule has 0 spiro atoms. The monoisotopic (exact) mass is 357 g/mol. The van der Waals surface area contributed by atoms with Crippen molar-refractivity contribution in [1.29, 1.82) is 0 Å². The van der Waals surface area contributed by atoms with Crippen molar-refractivity contribution in [2.45, 2.75) is 44.7 Å². The fraction of sp³-hybridized carbons (Fsp3) is 0.421. The van der Waals surface area contributed by atoms with E-state index in [9.17, 15) is 14.7 Å². The van der Waals surface area contributed by atoms with Gasteiger partial charge in [0.15, 0.2) is 0 Å². The lowest BCUT2D eigenvalue weighted by Gasteiger charge is -2.30. The van der Waals surface area contributed by atoms with Crippen LogP contribution in [0.2, 0.25) is 0 Å². The molecule has 1 atom stereocenters. The molecule has 0 fully saturated rings. The normalized spacial score (nSPS) is 15.6. The van der Waals surface area contributed by atoms with Crippen molar-refractivity contribution >= 4 is 11.9 Å². The molecule has 1 amide bonds. The average Bonchev–Trinajstić information content (AvgIpc) is 3.05. The summed E-state index contributed by atoms with van der Waals surface area (Å²) in [5, 5.41) is 16.6. The van der Waals surface area contributed by atoms with Gasteiger partial charge in [0.25, 0.3) is 5.91 Å². The number of fused-ring (bicyclic) bond motifs is 1. The number of carbonyl (C=O) groups is 2. The Morgan fingerprint density at radius 3 is 2.92 bits per heavy atom. The van der Waals surface area contributed by atoms with Gasteiger partial charge in [-0.1, -0.05) is 12.1 Å². The van der Waals surface area contributed by atoms with E-state index < -0.39 is 11.5 Å². The molecular weight excluding hydrogens is 334 g/mol. The van der Waals surface area contributed by atoms with Crippen molar-refractivity contribution in [2.75, 3.05) is 7.11 Å². The Morgan fingerprint density at radius 1 is 1.38 bits per heavy atom. The number of hydrogen-bond donors (Lipinski definition) is 2. The van der Waals surface area contributed by atoms with E-state index in [1.54, 1.807) is 44.5 Å². The van der Waals surface area contributed by atoms with Gasteiger partial charge < -0.3 is 15.2 Å². The van der Waals surface area contributed by atoms with E-state index in [2.05, 4.69) is 10.4 Å². The maximum atomic E-state index is 12.9. The summed E-state index contributed by atoms with van der Waals surface area (Å²) in [5.74, 6) is -0.691. The second-order valence-corrected chi connectivity index (χ2v) is 6.77. The third-order valence-electron chi connectivity index (χ3n) is 4.83. The first-order valence-electron chi connectivity index (χ1n) is 8.66. The third kappa shape index (κ3) is 3.56. The van der Waals surface area contributed by atoms with Crippen LogP contribution in [0, 0.1) is 0 Å². The van der Waals surface area contributed by atoms with Crippen LogP contribution in [0.3, 0.4) is 0 Å². The Kier molecular flexibility index (Phi) is 4.97. The van der Waals surface area contributed by atoms with Gasteiger partial charge in [-0.15, -0.1) is 0 Å². The second-order valence-electron chi connectivity index (χ2n) is 6.77. The Morgan fingerprint density at radius 2 is 2.19 bits per heavy atom. The van der Waals surface area contributed by atoms with Gasteiger partial charge in [0.05, 0.1) is 36.5 Å². The Labute approximate surface area is 152 Å². The van der Waals surface area contributed by atoms with E-state index in [4.69, 9.17) is 4.74 Å². The SMILES string of the molecule is COc1cccc(C(C)(CC(=O)O)NC(=O)c2cnn3c2CCCC3)c1. The van der Waals surface area contributed by atoms with Gasteiger partial charge in [0, 0.05) is 6.54 Å². The predicted octanol–water partition coefficient (Wildman–Crippen LogP) is 2.35. The molecule has 0 aliphatic carbocycles. The highest BCUT2D eigenvalue weighted by Gasteiger charge is 2.33. The summed E-state index contributed by atoms with van der Waals surface area (Å²) < 4.78 is 7.09. The first kappa shape index (κ1) is 18.0. The fourth-order valence-corrected chi connectivity index (χ4v) is 3.42. The summed E-state index contributed by atoms with van der Waals surface area (Å²) in [6.07, 6.45) is 4.21. The number of aliphatic carboxylic acids is 1. The van der Waals surface area contributed by atoms with Gasteiger partial charge in [-0.2, -0.15) is 5.10 Å². The molecule has 7 nitrogen and oxygen atoms in total. The molecule has 2 heterocycles. The molecule has 7 heteroatoms. The summed E-state index contributed by atoms with van der Waals surface area (Å²) in [4.78, 5) is 24.4. The first-order valence-corrected chi connectivity index (χ1v) is 8.66. The Hall–Kier alpha value is -2.83. The molecule has 26 heavy (non-hydrogen) atoms. The molecule has 2 N–H and O–H groups in total. The molecule has 3 rings (SSSR count). The van der Waals surface area contributed by atoms with Gasteiger partial charge in [0.2, 0.25) is 0 Å². The molecule has 1 aliphatic heterocycles. The van der Waals surface area contributed by atoms with Gasteiger partial charge >= 0.3 is 5.97 Å². The van der Waals surface area contributed by atoms with Crippen LogP contribution in [0.25, 0.3) is 0 Å². The van der Waals surface area contributed by atoms with E-state index in [1.807, 2.05) is 4.68 Å². The van der Waals surface area contributed by atoms with Crippen LogP contribution in [-0.4, -0.2) is 33.9 Å². The number of nitrogens with zero attached hydrogens (tertiary/aromatic N) is 2. The van der Waals surface area contributed by atoms with Crippen molar-refractivity contribution in [3.05, 3.63) is 47.3 Å². The summed E-state index contributed by atoms with van der Waals surface area (Å²) in [6.45, 7) is 2.52. The zero-order chi connectivity index (χ0) is 18.7. The molecule has 0 saturated carbocycles. The van der Waals surface area contributed by atoms with E-state index >= 15 is 0 Å². The zero-order valence-electron chi connectivity index (χ0n) is 15.0. The maximum absolute atomic E-state index is 12.9. The summed E-state index contributed by atoms with van der Waals surface area (Å²) >= 11 is 0. The van der Waals surface area contributed by atoms with E-state index in [1.165, 1.54) is 0 Å². The molecule has 0 bridgehead atoms. The van der Waals surface area contributed by atoms with Crippen molar-refractivity contribution in [3.63, 3.8) is 0 Å². The molecule has 138 valence electrons. The zero-order valence-corrected chi connectivity index (χ0v) is 15.0. The van der Waals surface area contributed by atoms with Crippen LogP contribution in [0.4, 0.5) is 0 Å². The van der Waals surface area contributed by atoms with Crippen LogP contribution in [0.1, 0.15) is 47.8 Å².